The SMILES string of the molecule is O=C(NC(Cc1ccccc1)C(=O)NCc1ccccc1COCc1ccccc1)c1ccco1. The molecule has 1 unspecified atom stereocenters. The van der Waals surface area contributed by atoms with Crippen molar-refractivity contribution in [3.8, 4) is 0 Å². The van der Waals surface area contributed by atoms with Crippen LogP contribution in [-0.4, -0.2) is 17.9 Å². The molecule has 0 spiro atoms. The van der Waals surface area contributed by atoms with Crippen molar-refractivity contribution in [1.82, 2.24) is 10.6 Å². The topological polar surface area (TPSA) is 80.6 Å². The Bertz CT molecular complexity index is 1210. The number of amides is 2. The van der Waals surface area contributed by atoms with Crippen LogP contribution < -0.4 is 10.6 Å². The van der Waals surface area contributed by atoms with Gasteiger partial charge in [-0.05, 0) is 34.4 Å². The fourth-order valence-corrected chi connectivity index (χ4v) is 3.73. The minimum absolute atomic E-state index is 0.164. The van der Waals surface area contributed by atoms with Crippen LogP contribution in [0.25, 0.3) is 0 Å². The molecule has 4 aromatic rings. The van der Waals surface area contributed by atoms with Gasteiger partial charge in [-0.1, -0.05) is 84.9 Å². The number of carbonyl (C=O) groups excluding carboxylic acids is 2. The highest BCUT2D eigenvalue weighted by Crippen LogP contribution is 2.13. The number of furan rings is 1. The smallest absolute Gasteiger partial charge is 0.287 e. The predicted molar refractivity (Wildman–Crippen MR) is 133 cm³/mol. The molecule has 3 aromatic carbocycles. The molecule has 2 amide bonds. The van der Waals surface area contributed by atoms with E-state index in [4.69, 9.17) is 9.15 Å². The molecule has 0 aliphatic carbocycles. The lowest BCUT2D eigenvalue weighted by atomic mass is 10.0. The summed E-state index contributed by atoms with van der Waals surface area (Å²) in [7, 11) is 0. The van der Waals surface area contributed by atoms with Crippen molar-refractivity contribution >= 4 is 11.8 Å². The molecule has 0 bridgehead atoms. The van der Waals surface area contributed by atoms with Crippen LogP contribution in [0.1, 0.15) is 32.8 Å². The number of carbonyl (C=O) groups is 2. The molecule has 1 atom stereocenters. The first-order chi connectivity index (χ1) is 17.2. The van der Waals surface area contributed by atoms with E-state index in [9.17, 15) is 9.59 Å². The zero-order valence-corrected chi connectivity index (χ0v) is 19.4. The second-order valence-electron chi connectivity index (χ2n) is 8.16. The summed E-state index contributed by atoms with van der Waals surface area (Å²) >= 11 is 0. The normalized spacial score (nSPS) is 11.5. The van der Waals surface area contributed by atoms with Crippen molar-refractivity contribution < 1.29 is 18.7 Å². The Kier molecular flexibility index (Phi) is 8.46. The fourth-order valence-electron chi connectivity index (χ4n) is 3.73. The Morgan fingerprint density at radius 3 is 2.09 bits per heavy atom. The minimum Gasteiger partial charge on any atom is -0.459 e. The second-order valence-corrected chi connectivity index (χ2v) is 8.16. The van der Waals surface area contributed by atoms with Crippen molar-refractivity contribution in [2.24, 2.45) is 0 Å². The van der Waals surface area contributed by atoms with E-state index in [0.717, 1.165) is 22.3 Å². The molecule has 6 heteroatoms. The Hall–Kier alpha value is -4.16. The third-order valence-corrected chi connectivity index (χ3v) is 5.59. The number of hydrogen-bond acceptors (Lipinski definition) is 4. The highest BCUT2D eigenvalue weighted by molar-refractivity contribution is 5.95. The summed E-state index contributed by atoms with van der Waals surface area (Å²) in [5.41, 5.74) is 4.02. The van der Waals surface area contributed by atoms with E-state index in [1.807, 2.05) is 84.9 Å². The Labute approximate surface area is 204 Å². The molecule has 0 saturated heterocycles. The zero-order valence-electron chi connectivity index (χ0n) is 19.4. The van der Waals surface area contributed by atoms with Gasteiger partial charge < -0.3 is 19.8 Å². The van der Waals surface area contributed by atoms with Gasteiger partial charge in [0.25, 0.3) is 5.91 Å². The molecule has 178 valence electrons. The Morgan fingerprint density at radius 1 is 0.743 bits per heavy atom. The highest BCUT2D eigenvalue weighted by Gasteiger charge is 2.23. The summed E-state index contributed by atoms with van der Waals surface area (Å²) in [5.74, 6) is -0.536. The average Bonchev–Trinajstić information content (AvgIpc) is 3.44. The maximum absolute atomic E-state index is 13.1. The molecule has 1 aromatic heterocycles. The van der Waals surface area contributed by atoms with E-state index in [1.165, 1.54) is 6.26 Å². The molecule has 0 saturated carbocycles. The molecule has 0 aliphatic heterocycles. The van der Waals surface area contributed by atoms with Crippen molar-refractivity contribution in [3.63, 3.8) is 0 Å². The number of hydrogen-bond donors (Lipinski definition) is 2. The summed E-state index contributed by atoms with van der Waals surface area (Å²) in [4.78, 5) is 25.7. The van der Waals surface area contributed by atoms with Crippen molar-refractivity contribution in [3.05, 3.63) is 131 Å². The molecule has 0 fully saturated rings. The van der Waals surface area contributed by atoms with Crippen molar-refractivity contribution in [2.75, 3.05) is 0 Å². The van der Waals surface area contributed by atoms with Crippen LogP contribution in [0.4, 0.5) is 0 Å². The largest absolute Gasteiger partial charge is 0.459 e. The molecule has 35 heavy (non-hydrogen) atoms. The van der Waals surface area contributed by atoms with Gasteiger partial charge >= 0.3 is 0 Å². The zero-order chi connectivity index (χ0) is 24.3. The van der Waals surface area contributed by atoms with E-state index in [-0.39, 0.29) is 11.7 Å². The van der Waals surface area contributed by atoms with Gasteiger partial charge in [0.1, 0.15) is 6.04 Å². The first-order valence-electron chi connectivity index (χ1n) is 11.5. The van der Waals surface area contributed by atoms with Crippen molar-refractivity contribution in [2.45, 2.75) is 32.2 Å². The summed E-state index contributed by atoms with van der Waals surface area (Å²) < 4.78 is 11.1. The van der Waals surface area contributed by atoms with Gasteiger partial charge in [0.05, 0.1) is 19.5 Å². The molecule has 2 N–H and O–H groups in total. The lowest BCUT2D eigenvalue weighted by molar-refractivity contribution is -0.123. The van der Waals surface area contributed by atoms with Gasteiger partial charge in [-0.2, -0.15) is 0 Å². The lowest BCUT2D eigenvalue weighted by Gasteiger charge is -2.19. The second kappa shape index (κ2) is 12.3. The molecular formula is C29H28N2O4. The highest BCUT2D eigenvalue weighted by atomic mass is 16.5. The summed E-state index contributed by atoms with van der Waals surface area (Å²) in [5, 5.41) is 5.78. The first kappa shape index (κ1) is 24.0. The summed E-state index contributed by atoms with van der Waals surface area (Å²) in [6.07, 6.45) is 1.79. The van der Waals surface area contributed by atoms with E-state index in [2.05, 4.69) is 10.6 Å². The van der Waals surface area contributed by atoms with Crippen LogP contribution in [-0.2, 0) is 35.7 Å². The van der Waals surface area contributed by atoms with Gasteiger partial charge in [0.15, 0.2) is 5.76 Å². The third-order valence-electron chi connectivity index (χ3n) is 5.59. The van der Waals surface area contributed by atoms with E-state index in [1.54, 1.807) is 12.1 Å². The number of nitrogens with one attached hydrogen (secondary N) is 2. The number of rotatable bonds is 11. The Balaban J connectivity index is 1.39. The quantitative estimate of drug-likeness (QED) is 0.336. The van der Waals surface area contributed by atoms with Gasteiger partial charge in [0.2, 0.25) is 5.91 Å². The third kappa shape index (κ3) is 7.16. The Morgan fingerprint density at radius 2 is 1.40 bits per heavy atom. The molecule has 4 rings (SSSR count). The summed E-state index contributed by atoms with van der Waals surface area (Å²) in [6.45, 7) is 1.27. The van der Waals surface area contributed by atoms with Crippen LogP contribution in [0.3, 0.4) is 0 Å². The molecule has 1 heterocycles. The minimum atomic E-state index is -0.753. The van der Waals surface area contributed by atoms with Crippen LogP contribution >= 0.6 is 0 Å². The van der Waals surface area contributed by atoms with E-state index < -0.39 is 11.9 Å². The predicted octanol–water partition coefficient (Wildman–Crippen LogP) is 4.65. The van der Waals surface area contributed by atoms with Crippen LogP contribution in [0.5, 0.6) is 0 Å². The lowest BCUT2D eigenvalue weighted by Crippen LogP contribution is -2.47. The molecule has 6 nitrogen and oxygen atoms in total. The van der Waals surface area contributed by atoms with E-state index in [0.29, 0.717) is 26.2 Å². The standard InChI is InChI=1S/C29H28N2O4/c32-28(26(18-22-10-3-1-4-11-22)31-29(33)27-16-9-17-35-27)30-19-24-14-7-8-15-25(24)21-34-20-23-12-5-2-6-13-23/h1-17,26H,18-21H2,(H,30,32)(H,31,33). The fraction of sp³-hybridized carbons (Fsp3) is 0.172. The monoisotopic (exact) mass is 468 g/mol. The first-order valence-corrected chi connectivity index (χ1v) is 11.5. The van der Waals surface area contributed by atoms with Crippen LogP contribution in [0, 0.1) is 0 Å². The van der Waals surface area contributed by atoms with Gasteiger partial charge in [-0.15, -0.1) is 0 Å². The molecular weight excluding hydrogens is 440 g/mol. The average molecular weight is 469 g/mol. The van der Waals surface area contributed by atoms with Crippen LogP contribution in [0.15, 0.2) is 108 Å². The molecule has 0 aliphatic rings. The number of ether oxygens (including phenoxy) is 1. The molecule has 0 radical (unpaired) electrons. The van der Waals surface area contributed by atoms with E-state index >= 15 is 0 Å². The maximum Gasteiger partial charge on any atom is 0.287 e. The number of benzene rings is 3. The van der Waals surface area contributed by atoms with Gasteiger partial charge in [0, 0.05) is 13.0 Å². The maximum atomic E-state index is 13.1. The summed E-state index contributed by atoms with van der Waals surface area (Å²) in [6, 6.07) is 29.9. The van der Waals surface area contributed by atoms with Crippen LogP contribution in [0.2, 0.25) is 0 Å². The van der Waals surface area contributed by atoms with Crippen molar-refractivity contribution in [1.29, 1.82) is 0 Å². The van der Waals surface area contributed by atoms with Gasteiger partial charge in [-0.3, -0.25) is 9.59 Å². The van der Waals surface area contributed by atoms with Gasteiger partial charge in [-0.25, -0.2) is 0 Å².